The minimum atomic E-state index is -4.62. The van der Waals surface area contributed by atoms with Gasteiger partial charge < -0.3 is 9.84 Å². The number of aromatic hydroxyl groups is 1. The number of rotatable bonds is 6. The van der Waals surface area contributed by atoms with Crippen LogP contribution in [0.2, 0.25) is 0 Å². The third kappa shape index (κ3) is 4.06. The van der Waals surface area contributed by atoms with Crippen molar-refractivity contribution in [2.75, 3.05) is 16.2 Å². The number of carbonyl (C=O) groups is 1. The number of anilines is 2. The van der Waals surface area contributed by atoms with E-state index in [1.54, 1.807) is 0 Å². The molecule has 2 aromatic carbocycles. The number of benzene rings is 2. The van der Waals surface area contributed by atoms with Crippen LogP contribution in [0, 0.1) is 30.2 Å². The van der Waals surface area contributed by atoms with Gasteiger partial charge >= 0.3 is 6.09 Å². The fraction of sp³-hybridized carbons (Fsp3) is 0.350. The summed E-state index contributed by atoms with van der Waals surface area (Å²) in [6.45, 7) is 4.39. The Balaban J connectivity index is 1.98. The zero-order valence-corrected chi connectivity index (χ0v) is 18.1. The summed E-state index contributed by atoms with van der Waals surface area (Å²) in [6.07, 6.45) is -0.960. The van der Waals surface area contributed by atoms with Crippen molar-refractivity contribution in [1.29, 1.82) is 0 Å². The number of sulfonamides is 1. The van der Waals surface area contributed by atoms with Crippen LogP contribution in [0.25, 0.3) is 0 Å². The van der Waals surface area contributed by atoms with Gasteiger partial charge in [-0.15, -0.1) is 0 Å². The Labute approximate surface area is 181 Å². The molecule has 1 atom stereocenters. The molecule has 0 aromatic heterocycles. The molecule has 0 radical (unpaired) electrons. The number of hydrogen-bond donors (Lipinski definition) is 2. The molecule has 3 rings (SSSR count). The SMILES string of the molecule is CCCN1C(=O)OC(C)c2c1ccc(NS(=O)(=O)Cc1c(F)c(F)c(C)c(F)c1F)c2O. The first kappa shape index (κ1) is 23.6. The third-order valence-electron chi connectivity index (χ3n) is 5.01. The predicted molar refractivity (Wildman–Crippen MR) is 108 cm³/mol. The van der Waals surface area contributed by atoms with Gasteiger partial charge in [0.1, 0.15) is 17.6 Å². The number of fused-ring (bicyclic) bond motifs is 1. The maximum atomic E-state index is 14.1. The van der Waals surface area contributed by atoms with Crippen LogP contribution in [0.5, 0.6) is 5.75 Å². The topological polar surface area (TPSA) is 95.9 Å². The Hall–Kier alpha value is -3.02. The number of cyclic esters (lactones) is 1. The molecule has 0 bridgehead atoms. The minimum Gasteiger partial charge on any atom is -0.505 e. The summed E-state index contributed by atoms with van der Waals surface area (Å²) in [6, 6.07) is 2.54. The molecular formula is C20H20F4N2O5S. The second kappa shape index (κ2) is 8.49. The molecule has 0 spiro atoms. The van der Waals surface area contributed by atoms with Gasteiger partial charge in [0.25, 0.3) is 0 Å². The van der Waals surface area contributed by atoms with E-state index in [-0.39, 0.29) is 17.8 Å². The van der Waals surface area contributed by atoms with Crippen LogP contribution in [-0.2, 0) is 20.5 Å². The van der Waals surface area contributed by atoms with Crippen molar-refractivity contribution in [3.05, 3.63) is 52.1 Å². The first-order valence-electron chi connectivity index (χ1n) is 9.55. The second-order valence-electron chi connectivity index (χ2n) is 7.29. The summed E-state index contributed by atoms with van der Waals surface area (Å²) < 4.78 is 87.9. The van der Waals surface area contributed by atoms with Gasteiger partial charge in [-0.3, -0.25) is 9.62 Å². The number of amides is 1. The molecule has 1 unspecified atom stereocenters. The van der Waals surface area contributed by atoms with Crippen molar-refractivity contribution >= 4 is 27.5 Å². The lowest BCUT2D eigenvalue weighted by molar-refractivity contribution is 0.106. The highest BCUT2D eigenvalue weighted by molar-refractivity contribution is 7.91. The normalized spacial score (nSPS) is 16.0. The van der Waals surface area contributed by atoms with E-state index in [1.807, 2.05) is 11.6 Å². The molecule has 2 N–H and O–H groups in total. The van der Waals surface area contributed by atoms with E-state index < -0.39 is 68.1 Å². The lowest BCUT2D eigenvalue weighted by Crippen LogP contribution is -2.37. The van der Waals surface area contributed by atoms with Crippen molar-refractivity contribution in [1.82, 2.24) is 0 Å². The van der Waals surface area contributed by atoms with E-state index in [2.05, 4.69) is 0 Å². The number of phenolic OH excluding ortho intramolecular Hbond substituents is 1. The van der Waals surface area contributed by atoms with Gasteiger partial charge in [-0.05, 0) is 32.4 Å². The maximum Gasteiger partial charge on any atom is 0.414 e. The van der Waals surface area contributed by atoms with Crippen molar-refractivity contribution in [3.8, 4) is 5.75 Å². The zero-order valence-electron chi connectivity index (χ0n) is 17.3. The van der Waals surface area contributed by atoms with Crippen LogP contribution in [0.15, 0.2) is 12.1 Å². The smallest absolute Gasteiger partial charge is 0.414 e. The lowest BCUT2D eigenvalue weighted by Gasteiger charge is -2.33. The fourth-order valence-corrected chi connectivity index (χ4v) is 4.64. The average molecular weight is 476 g/mol. The first-order chi connectivity index (χ1) is 14.9. The van der Waals surface area contributed by atoms with Crippen LogP contribution < -0.4 is 9.62 Å². The van der Waals surface area contributed by atoms with Crippen LogP contribution >= 0.6 is 0 Å². The van der Waals surface area contributed by atoms with E-state index >= 15 is 0 Å². The summed E-state index contributed by atoms with van der Waals surface area (Å²) in [5, 5.41) is 10.6. The highest BCUT2D eigenvalue weighted by Crippen LogP contribution is 2.44. The van der Waals surface area contributed by atoms with E-state index in [1.165, 1.54) is 17.9 Å². The number of hydrogen-bond acceptors (Lipinski definition) is 5. The number of phenols is 1. The molecule has 0 saturated heterocycles. The van der Waals surface area contributed by atoms with Crippen LogP contribution in [-0.4, -0.2) is 26.2 Å². The first-order valence-corrected chi connectivity index (χ1v) is 11.2. The quantitative estimate of drug-likeness (QED) is 0.360. The Kier molecular flexibility index (Phi) is 6.27. The molecule has 7 nitrogen and oxygen atoms in total. The highest BCUT2D eigenvalue weighted by Gasteiger charge is 2.34. The fourth-order valence-electron chi connectivity index (χ4n) is 3.43. The Bertz CT molecular complexity index is 1170. The van der Waals surface area contributed by atoms with Crippen molar-refractivity contribution in [2.45, 2.75) is 39.0 Å². The van der Waals surface area contributed by atoms with Crippen molar-refractivity contribution in [2.24, 2.45) is 0 Å². The summed E-state index contributed by atoms with van der Waals surface area (Å²) in [4.78, 5) is 13.4. The van der Waals surface area contributed by atoms with Gasteiger partial charge in [-0.2, -0.15) is 0 Å². The molecule has 2 aromatic rings. The molecular weight excluding hydrogens is 456 g/mol. The Morgan fingerprint density at radius 1 is 1.12 bits per heavy atom. The largest absolute Gasteiger partial charge is 0.505 e. The molecule has 0 aliphatic carbocycles. The summed E-state index contributed by atoms with van der Waals surface area (Å²) in [5.74, 6) is -9.03. The molecule has 1 aliphatic heterocycles. The van der Waals surface area contributed by atoms with Gasteiger partial charge in [0.05, 0.1) is 16.9 Å². The molecule has 1 amide bonds. The number of nitrogens with one attached hydrogen (secondary N) is 1. The Morgan fingerprint density at radius 2 is 1.72 bits per heavy atom. The molecule has 1 aliphatic rings. The second-order valence-corrected chi connectivity index (χ2v) is 9.02. The monoisotopic (exact) mass is 476 g/mol. The lowest BCUT2D eigenvalue weighted by atomic mass is 10.0. The van der Waals surface area contributed by atoms with E-state index in [9.17, 15) is 35.9 Å². The summed E-state index contributed by atoms with van der Waals surface area (Å²) in [7, 11) is -4.62. The number of halogens is 4. The molecule has 32 heavy (non-hydrogen) atoms. The summed E-state index contributed by atoms with van der Waals surface area (Å²) in [5.41, 5.74) is -2.15. The third-order valence-corrected chi connectivity index (χ3v) is 6.21. The van der Waals surface area contributed by atoms with Gasteiger partial charge in [0, 0.05) is 17.7 Å². The van der Waals surface area contributed by atoms with Gasteiger partial charge in [0.15, 0.2) is 23.3 Å². The van der Waals surface area contributed by atoms with Crippen molar-refractivity contribution in [3.63, 3.8) is 0 Å². The molecule has 12 heteroatoms. The van der Waals surface area contributed by atoms with Gasteiger partial charge in [-0.1, -0.05) is 6.92 Å². The number of ether oxygens (including phenoxy) is 1. The van der Waals surface area contributed by atoms with Crippen LogP contribution in [0.4, 0.5) is 33.7 Å². The zero-order chi connectivity index (χ0) is 24.0. The van der Waals surface area contributed by atoms with E-state index in [0.717, 1.165) is 13.0 Å². The van der Waals surface area contributed by atoms with Crippen molar-refractivity contribution < 1.29 is 40.6 Å². The number of carbonyl (C=O) groups excluding carboxylic acids is 1. The molecule has 174 valence electrons. The van der Waals surface area contributed by atoms with E-state index in [4.69, 9.17) is 4.74 Å². The highest BCUT2D eigenvalue weighted by atomic mass is 32.2. The maximum absolute atomic E-state index is 14.1. The molecule has 0 fully saturated rings. The Morgan fingerprint density at radius 3 is 2.28 bits per heavy atom. The molecule has 0 saturated carbocycles. The van der Waals surface area contributed by atoms with Crippen LogP contribution in [0.1, 0.15) is 43.1 Å². The predicted octanol–water partition coefficient (Wildman–Crippen LogP) is 4.63. The van der Waals surface area contributed by atoms with Gasteiger partial charge in [-0.25, -0.2) is 30.8 Å². The number of nitrogens with zero attached hydrogens (tertiary/aromatic N) is 1. The average Bonchev–Trinajstić information content (AvgIpc) is 2.72. The summed E-state index contributed by atoms with van der Waals surface area (Å²) >= 11 is 0. The van der Waals surface area contributed by atoms with Gasteiger partial charge in [0.2, 0.25) is 10.0 Å². The standard InChI is InChI=1S/C20H20F4N2O5S/c1-4-7-26-13-6-5-12(19(27)14(13)10(3)31-20(26)28)25-32(29,30)8-11-17(23)15(21)9(2)16(22)18(11)24/h5-6,10,25,27H,4,7-8H2,1-3H3. The molecule has 1 heterocycles. The van der Waals surface area contributed by atoms with Crippen LogP contribution in [0.3, 0.4) is 0 Å². The minimum absolute atomic E-state index is 0.128. The van der Waals surface area contributed by atoms with E-state index in [0.29, 0.717) is 12.1 Å².